The molecule has 2 aromatic heterocycles. The zero-order valence-electron chi connectivity index (χ0n) is 10.5. The number of aryl methyl sites for hydroxylation is 1. The number of nitrogens with zero attached hydrogens (tertiary/aromatic N) is 4. The third kappa shape index (κ3) is 1.98. The Hall–Kier alpha value is -1.93. The number of morpholine rings is 1. The van der Waals surface area contributed by atoms with Crippen LogP contribution in [0.4, 0.5) is 5.82 Å². The minimum absolute atomic E-state index is 0.000716. The first-order chi connectivity index (χ1) is 9.20. The lowest BCUT2D eigenvalue weighted by Crippen LogP contribution is -2.48. The van der Waals surface area contributed by atoms with E-state index in [-0.39, 0.29) is 18.3 Å². The molecule has 1 fully saturated rings. The first-order valence-electron chi connectivity index (χ1n) is 6.10. The quantitative estimate of drug-likeness (QED) is 0.717. The molecule has 8 nitrogen and oxygen atoms in total. The standard InChI is InChI=1S/C11H15N5O3/c1-7-12-9(4-10-13-14-11(18)16(7)10)15-2-3-19-6-8(15)5-17/h4,8,17H,2-3,5-6H2,1H3,(H,14,18). The lowest BCUT2D eigenvalue weighted by atomic mass is 10.2. The van der Waals surface area contributed by atoms with Gasteiger partial charge in [0.2, 0.25) is 0 Å². The summed E-state index contributed by atoms with van der Waals surface area (Å²) < 4.78 is 6.75. The van der Waals surface area contributed by atoms with Crippen molar-refractivity contribution >= 4 is 11.5 Å². The van der Waals surface area contributed by atoms with Crippen molar-refractivity contribution in [3.63, 3.8) is 0 Å². The van der Waals surface area contributed by atoms with Crippen LogP contribution >= 0.6 is 0 Å². The first kappa shape index (κ1) is 12.1. The molecular weight excluding hydrogens is 250 g/mol. The third-order valence-corrected chi connectivity index (χ3v) is 3.29. The SMILES string of the molecule is Cc1nc(N2CCOCC2CO)cc2n[nH]c(=O)n12. The molecule has 2 aromatic rings. The van der Waals surface area contributed by atoms with Crippen LogP contribution in [0.15, 0.2) is 10.9 Å². The van der Waals surface area contributed by atoms with Gasteiger partial charge in [0.05, 0.1) is 25.9 Å². The molecule has 8 heteroatoms. The molecule has 3 rings (SSSR count). The number of aliphatic hydroxyl groups is 1. The smallest absolute Gasteiger partial charge is 0.349 e. The molecule has 0 aliphatic carbocycles. The predicted octanol–water partition coefficient (Wildman–Crippen LogP) is -1.08. The lowest BCUT2D eigenvalue weighted by Gasteiger charge is -2.35. The van der Waals surface area contributed by atoms with Crippen molar-refractivity contribution in [2.45, 2.75) is 13.0 Å². The van der Waals surface area contributed by atoms with E-state index in [1.807, 2.05) is 4.90 Å². The molecule has 102 valence electrons. The van der Waals surface area contributed by atoms with Crippen molar-refractivity contribution in [2.24, 2.45) is 0 Å². The maximum Gasteiger partial charge on any atom is 0.349 e. The lowest BCUT2D eigenvalue weighted by molar-refractivity contribution is 0.0722. The summed E-state index contributed by atoms with van der Waals surface area (Å²) in [5, 5.41) is 15.7. The van der Waals surface area contributed by atoms with Crippen LogP contribution in [0.1, 0.15) is 5.82 Å². The van der Waals surface area contributed by atoms with Crippen molar-refractivity contribution in [1.82, 2.24) is 19.6 Å². The minimum Gasteiger partial charge on any atom is -0.394 e. The zero-order valence-corrected chi connectivity index (χ0v) is 10.5. The van der Waals surface area contributed by atoms with Crippen molar-refractivity contribution in [2.75, 3.05) is 31.3 Å². The number of H-pyrrole nitrogens is 1. The molecule has 1 saturated heterocycles. The van der Waals surface area contributed by atoms with Crippen LogP contribution in [0, 0.1) is 6.92 Å². The van der Waals surface area contributed by atoms with E-state index in [0.717, 1.165) is 0 Å². The molecule has 0 spiro atoms. The van der Waals surface area contributed by atoms with E-state index in [2.05, 4.69) is 15.2 Å². The van der Waals surface area contributed by atoms with Crippen molar-refractivity contribution in [3.8, 4) is 0 Å². The fourth-order valence-corrected chi connectivity index (χ4v) is 2.34. The molecule has 1 atom stereocenters. The Morgan fingerprint density at radius 2 is 2.47 bits per heavy atom. The topological polar surface area (TPSA) is 95.8 Å². The highest BCUT2D eigenvalue weighted by atomic mass is 16.5. The van der Waals surface area contributed by atoms with Gasteiger partial charge in [-0.1, -0.05) is 0 Å². The Balaban J connectivity index is 2.07. The van der Waals surface area contributed by atoms with Gasteiger partial charge >= 0.3 is 5.69 Å². The van der Waals surface area contributed by atoms with Gasteiger partial charge in [0.15, 0.2) is 5.65 Å². The number of rotatable bonds is 2. The summed E-state index contributed by atoms with van der Waals surface area (Å²) in [5.74, 6) is 1.26. The summed E-state index contributed by atoms with van der Waals surface area (Å²) in [6.07, 6.45) is 0. The summed E-state index contributed by atoms with van der Waals surface area (Å²) in [6, 6.07) is 1.62. The number of ether oxygens (including phenoxy) is 1. The van der Waals surface area contributed by atoms with Crippen LogP contribution in [0.25, 0.3) is 5.65 Å². The fourth-order valence-electron chi connectivity index (χ4n) is 2.34. The van der Waals surface area contributed by atoms with Crippen LogP contribution in [0.3, 0.4) is 0 Å². The Morgan fingerprint density at radius 1 is 1.63 bits per heavy atom. The molecule has 3 heterocycles. The van der Waals surface area contributed by atoms with Gasteiger partial charge in [-0.15, -0.1) is 0 Å². The maximum absolute atomic E-state index is 11.5. The molecule has 1 unspecified atom stereocenters. The number of nitrogens with one attached hydrogen (secondary N) is 1. The molecule has 1 aliphatic heterocycles. The van der Waals surface area contributed by atoms with E-state index < -0.39 is 0 Å². The molecular formula is C11H15N5O3. The predicted molar refractivity (Wildman–Crippen MR) is 67.4 cm³/mol. The van der Waals surface area contributed by atoms with Crippen molar-refractivity contribution in [3.05, 3.63) is 22.4 Å². The van der Waals surface area contributed by atoms with Crippen molar-refractivity contribution in [1.29, 1.82) is 0 Å². The average Bonchev–Trinajstić information content (AvgIpc) is 2.80. The summed E-state index contributed by atoms with van der Waals surface area (Å²) in [6.45, 7) is 3.47. The van der Waals surface area contributed by atoms with Crippen LogP contribution in [0.2, 0.25) is 0 Å². The molecule has 19 heavy (non-hydrogen) atoms. The number of fused-ring (bicyclic) bond motifs is 1. The number of anilines is 1. The molecule has 0 aromatic carbocycles. The van der Waals surface area contributed by atoms with E-state index in [1.54, 1.807) is 13.0 Å². The molecule has 2 N–H and O–H groups in total. The van der Waals surface area contributed by atoms with Gasteiger partial charge < -0.3 is 14.7 Å². The highest BCUT2D eigenvalue weighted by molar-refractivity contribution is 5.52. The Morgan fingerprint density at radius 3 is 3.26 bits per heavy atom. The molecule has 0 amide bonds. The minimum atomic E-state index is -0.299. The highest BCUT2D eigenvalue weighted by Crippen LogP contribution is 2.18. The summed E-state index contributed by atoms with van der Waals surface area (Å²) >= 11 is 0. The van der Waals surface area contributed by atoms with Gasteiger partial charge in [-0.2, -0.15) is 5.10 Å². The average molecular weight is 265 g/mol. The van der Waals surface area contributed by atoms with E-state index >= 15 is 0 Å². The highest BCUT2D eigenvalue weighted by Gasteiger charge is 2.24. The van der Waals surface area contributed by atoms with E-state index in [0.29, 0.717) is 37.0 Å². The number of aromatic nitrogens is 4. The van der Waals surface area contributed by atoms with Gasteiger partial charge in [0.1, 0.15) is 11.6 Å². The van der Waals surface area contributed by atoms with E-state index in [9.17, 15) is 9.90 Å². The van der Waals surface area contributed by atoms with Gasteiger partial charge in [-0.05, 0) is 6.92 Å². The van der Waals surface area contributed by atoms with Crippen LogP contribution < -0.4 is 10.6 Å². The van der Waals surface area contributed by atoms with E-state index in [4.69, 9.17) is 4.74 Å². The van der Waals surface area contributed by atoms with Crippen LogP contribution in [-0.4, -0.2) is 57.1 Å². The maximum atomic E-state index is 11.5. The number of hydrogen-bond donors (Lipinski definition) is 2. The van der Waals surface area contributed by atoms with Gasteiger partial charge in [-0.3, -0.25) is 0 Å². The molecule has 1 aliphatic rings. The fraction of sp³-hybridized carbons (Fsp3) is 0.545. The monoisotopic (exact) mass is 265 g/mol. The Bertz CT molecular complexity index is 649. The summed E-state index contributed by atoms with van der Waals surface area (Å²) in [7, 11) is 0. The second kappa shape index (κ2) is 4.63. The van der Waals surface area contributed by atoms with Gasteiger partial charge in [-0.25, -0.2) is 19.3 Å². The Kier molecular flexibility index (Phi) is 2.96. The van der Waals surface area contributed by atoms with Crippen LogP contribution in [0.5, 0.6) is 0 Å². The number of aliphatic hydroxyl groups excluding tert-OH is 1. The molecule has 0 radical (unpaired) electrons. The molecule has 0 saturated carbocycles. The zero-order chi connectivity index (χ0) is 13.4. The number of aromatic amines is 1. The first-order valence-corrected chi connectivity index (χ1v) is 6.10. The van der Waals surface area contributed by atoms with Gasteiger partial charge in [0.25, 0.3) is 0 Å². The van der Waals surface area contributed by atoms with E-state index in [1.165, 1.54) is 4.40 Å². The third-order valence-electron chi connectivity index (χ3n) is 3.29. The number of hydrogen-bond acceptors (Lipinski definition) is 6. The second-order valence-electron chi connectivity index (χ2n) is 4.49. The van der Waals surface area contributed by atoms with Crippen LogP contribution in [-0.2, 0) is 4.74 Å². The van der Waals surface area contributed by atoms with Gasteiger partial charge in [0, 0.05) is 12.6 Å². The second-order valence-corrected chi connectivity index (χ2v) is 4.49. The normalized spacial score (nSPS) is 20.1. The summed E-state index contributed by atoms with van der Waals surface area (Å²) in [5.41, 5.74) is 0.225. The molecule has 0 bridgehead atoms. The summed E-state index contributed by atoms with van der Waals surface area (Å²) in [4.78, 5) is 17.9. The Labute approximate surface area is 108 Å². The van der Waals surface area contributed by atoms with Crippen molar-refractivity contribution < 1.29 is 9.84 Å². The largest absolute Gasteiger partial charge is 0.394 e.